The van der Waals surface area contributed by atoms with Crippen LogP contribution < -0.4 is 10.2 Å². The first-order chi connectivity index (χ1) is 10.6. The molecule has 124 valence electrons. The highest BCUT2D eigenvalue weighted by atomic mass is 16.5. The summed E-state index contributed by atoms with van der Waals surface area (Å²) in [5.41, 5.74) is 2.56. The van der Waals surface area contributed by atoms with Crippen molar-refractivity contribution in [3.8, 4) is 0 Å². The summed E-state index contributed by atoms with van der Waals surface area (Å²) in [7, 11) is 0. The summed E-state index contributed by atoms with van der Waals surface area (Å²) in [5.74, 6) is 0. The molecule has 4 heteroatoms. The minimum atomic E-state index is -0.249. The lowest BCUT2D eigenvalue weighted by Gasteiger charge is -2.37. The van der Waals surface area contributed by atoms with Crippen molar-refractivity contribution in [2.24, 2.45) is 0 Å². The number of rotatable bonds is 7. The Morgan fingerprint density at radius 2 is 1.95 bits per heavy atom. The highest BCUT2D eigenvalue weighted by molar-refractivity contribution is 5.54. The lowest BCUT2D eigenvalue weighted by Crippen LogP contribution is -2.46. The van der Waals surface area contributed by atoms with Crippen LogP contribution in [0.15, 0.2) is 24.3 Å². The average Bonchev–Trinajstić information content (AvgIpc) is 2.47. The zero-order valence-electron chi connectivity index (χ0n) is 14.1. The standard InChI is InChI=1S/C18H30N2O2/c1-4-7-17(21)11-19-10-16-8-5-6-9-18(16)20-12-14(2)22-15(3)13-20/h5-6,8-9,14-15,17,19,21H,4,7,10-13H2,1-3H3. The molecule has 0 amide bonds. The van der Waals surface area contributed by atoms with Crippen molar-refractivity contribution in [2.45, 2.75) is 58.5 Å². The largest absolute Gasteiger partial charge is 0.392 e. The molecule has 0 aliphatic carbocycles. The van der Waals surface area contributed by atoms with Crippen molar-refractivity contribution in [2.75, 3.05) is 24.5 Å². The second kappa shape index (κ2) is 8.51. The van der Waals surface area contributed by atoms with E-state index in [-0.39, 0.29) is 18.3 Å². The van der Waals surface area contributed by atoms with Gasteiger partial charge in [0.2, 0.25) is 0 Å². The molecule has 0 saturated carbocycles. The van der Waals surface area contributed by atoms with Gasteiger partial charge in [-0.3, -0.25) is 0 Å². The quantitative estimate of drug-likeness (QED) is 0.812. The number of hydrogen-bond donors (Lipinski definition) is 2. The number of nitrogens with zero attached hydrogens (tertiary/aromatic N) is 1. The highest BCUT2D eigenvalue weighted by Crippen LogP contribution is 2.24. The minimum Gasteiger partial charge on any atom is -0.392 e. The van der Waals surface area contributed by atoms with Gasteiger partial charge in [0.1, 0.15) is 0 Å². The van der Waals surface area contributed by atoms with Gasteiger partial charge in [0.25, 0.3) is 0 Å². The van der Waals surface area contributed by atoms with Crippen LogP contribution >= 0.6 is 0 Å². The van der Waals surface area contributed by atoms with Crippen LogP contribution in [-0.2, 0) is 11.3 Å². The van der Waals surface area contributed by atoms with E-state index in [1.54, 1.807) is 0 Å². The van der Waals surface area contributed by atoms with Gasteiger partial charge in [0, 0.05) is 31.9 Å². The van der Waals surface area contributed by atoms with Crippen LogP contribution in [-0.4, -0.2) is 43.1 Å². The Bertz CT molecular complexity index is 442. The van der Waals surface area contributed by atoms with Crippen molar-refractivity contribution in [1.82, 2.24) is 5.32 Å². The topological polar surface area (TPSA) is 44.7 Å². The summed E-state index contributed by atoms with van der Waals surface area (Å²) in [6.45, 7) is 9.66. The molecule has 0 radical (unpaired) electrons. The Morgan fingerprint density at radius 3 is 2.64 bits per heavy atom. The molecule has 3 atom stereocenters. The normalized spacial score (nSPS) is 23.5. The summed E-state index contributed by atoms with van der Waals surface area (Å²) in [6.07, 6.45) is 2.14. The number of hydrogen-bond acceptors (Lipinski definition) is 4. The smallest absolute Gasteiger partial charge is 0.0726 e. The van der Waals surface area contributed by atoms with E-state index < -0.39 is 0 Å². The number of aliphatic hydroxyl groups is 1. The van der Waals surface area contributed by atoms with E-state index in [1.165, 1.54) is 11.3 Å². The van der Waals surface area contributed by atoms with Gasteiger partial charge in [-0.1, -0.05) is 31.5 Å². The van der Waals surface area contributed by atoms with E-state index in [4.69, 9.17) is 4.74 Å². The molecule has 4 nitrogen and oxygen atoms in total. The molecule has 3 unspecified atom stereocenters. The zero-order valence-corrected chi connectivity index (χ0v) is 14.1. The summed E-state index contributed by atoms with van der Waals surface area (Å²) in [4.78, 5) is 2.41. The lowest BCUT2D eigenvalue weighted by atomic mass is 10.1. The first-order valence-electron chi connectivity index (χ1n) is 8.47. The molecule has 0 aromatic heterocycles. The van der Waals surface area contributed by atoms with Crippen LogP contribution in [0.25, 0.3) is 0 Å². The maximum absolute atomic E-state index is 9.83. The maximum atomic E-state index is 9.83. The van der Waals surface area contributed by atoms with E-state index >= 15 is 0 Å². The molecule has 2 N–H and O–H groups in total. The molecule has 1 aliphatic rings. The number of para-hydroxylation sites is 1. The predicted molar refractivity (Wildman–Crippen MR) is 91.3 cm³/mol. The molecule has 2 rings (SSSR count). The van der Waals surface area contributed by atoms with Crippen LogP contribution in [0.3, 0.4) is 0 Å². The molecular formula is C18H30N2O2. The van der Waals surface area contributed by atoms with E-state index in [2.05, 4.69) is 55.3 Å². The average molecular weight is 306 g/mol. The monoisotopic (exact) mass is 306 g/mol. The van der Waals surface area contributed by atoms with Gasteiger partial charge in [-0.25, -0.2) is 0 Å². The van der Waals surface area contributed by atoms with Gasteiger partial charge in [-0.05, 0) is 31.9 Å². The molecular weight excluding hydrogens is 276 g/mol. The third-order valence-electron chi connectivity index (χ3n) is 4.07. The number of nitrogens with one attached hydrogen (secondary N) is 1. The summed E-state index contributed by atoms with van der Waals surface area (Å²) in [5, 5.41) is 13.2. The first kappa shape index (κ1) is 17.3. The molecule has 1 heterocycles. The van der Waals surface area contributed by atoms with Gasteiger partial charge in [0.05, 0.1) is 18.3 Å². The van der Waals surface area contributed by atoms with Crippen molar-refractivity contribution in [3.05, 3.63) is 29.8 Å². The SMILES string of the molecule is CCCC(O)CNCc1ccccc1N1CC(C)OC(C)C1. The molecule has 22 heavy (non-hydrogen) atoms. The van der Waals surface area contributed by atoms with E-state index in [0.717, 1.165) is 32.5 Å². The Labute approximate surface area is 134 Å². The van der Waals surface area contributed by atoms with Crippen LogP contribution in [0.5, 0.6) is 0 Å². The van der Waals surface area contributed by atoms with Crippen molar-refractivity contribution >= 4 is 5.69 Å². The molecule has 0 spiro atoms. The molecule has 1 aromatic carbocycles. The van der Waals surface area contributed by atoms with Gasteiger partial charge in [-0.15, -0.1) is 0 Å². The Balaban J connectivity index is 1.97. The maximum Gasteiger partial charge on any atom is 0.0726 e. The number of aliphatic hydroxyl groups excluding tert-OH is 1. The fourth-order valence-corrected chi connectivity index (χ4v) is 3.15. The third kappa shape index (κ3) is 4.97. The number of morpholine rings is 1. The number of anilines is 1. The third-order valence-corrected chi connectivity index (χ3v) is 4.07. The van der Waals surface area contributed by atoms with Crippen molar-refractivity contribution in [3.63, 3.8) is 0 Å². The number of ether oxygens (including phenoxy) is 1. The molecule has 1 aliphatic heterocycles. The molecule has 1 aromatic rings. The van der Waals surface area contributed by atoms with Gasteiger partial charge >= 0.3 is 0 Å². The first-order valence-corrected chi connectivity index (χ1v) is 8.47. The van der Waals surface area contributed by atoms with E-state index in [1.807, 2.05) is 0 Å². The van der Waals surface area contributed by atoms with Crippen LogP contribution in [0, 0.1) is 0 Å². The Kier molecular flexibility index (Phi) is 6.68. The Morgan fingerprint density at radius 1 is 1.27 bits per heavy atom. The molecule has 0 bridgehead atoms. The van der Waals surface area contributed by atoms with Gasteiger partial charge in [0.15, 0.2) is 0 Å². The van der Waals surface area contributed by atoms with Crippen LogP contribution in [0.4, 0.5) is 5.69 Å². The molecule has 1 saturated heterocycles. The van der Waals surface area contributed by atoms with E-state index in [0.29, 0.717) is 6.54 Å². The second-order valence-corrected chi connectivity index (χ2v) is 6.36. The minimum absolute atomic E-state index is 0.249. The van der Waals surface area contributed by atoms with E-state index in [9.17, 15) is 5.11 Å². The summed E-state index contributed by atoms with van der Waals surface area (Å²) in [6, 6.07) is 8.52. The fourth-order valence-electron chi connectivity index (χ4n) is 3.15. The van der Waals surface area contributed by atoms with Crippen LogP contribution in [0.1, 0.15) is 39.2 Å². The second-order valence-electron chi connectivity index (χ2n) is 6.36. The van der Waals surface area contributed by atoms with Crippen molar-refractivity contribution in [1.29, 1.82) is 0 Å². The van der Waals surface area contributed by atoms with Crippen molar-refractivity contribution < 1.29 is 9.84 Å². The summed E-state index contributed by atoms with van der Waals surface area (Å²) < 4.78 is 5.83. The van der Waals surface area contributed by atoms with Gasteiger partial charge in [-0.2, -0.15) is 0 Å². The van der Waals surface area contributed by atoms with Crippen LogP contribution in [0.2, 0.25) is 0 Å². The lowest BCUT2D eigenvalue weighted by molar-refractivity contribution is -0.00526. The predicted octanol–water partition coefficient (Wildman–Crippen LogP) is 2.55. The Hall–Kier alpha value is -1.10. The number of benzene rings is 1. The van der Waals surface area contributed by atoms with Gasteiger partial charge < -0.3 is 20.1 Å². The zero-order chi connectivity index (χ0) is 15.9. The fraction of sp³-hybridized carbons (Fsp3) is 0.667. The molecule has 1 fully saturated rings. The highest BCUT2D eigenvalue weighted by Gasteiger charge is 2.23. The summed E-state index contributed by atoms with van der Waals surface area (Å²) >= 11 is 0.